The van der Waals surface area contributed by atoms with E-state index in [1.165, 1.54) is 25.7 Å². The second-order valence-electron chi connectivity index (χ2n) is 6.10. The molecule has 1 fully saturated rings. The Morgan fingerprint density at radius 2 is 1.86 bits per heavy atom. The summed E-state index contributed by atoms with van der Waals surface area (Å²) in [5, 5.41) is 10.8. The van der Waals surface area contributed by atoms with E-state index in [2.05, 4.69) is 18.7 Å². The fraction of sp³-hybridized carbons (Fsp3) is 0.647. The van der Waals surface area contributed by atoms with Gasteiger partial charge in [0.05, 0.1) is 7.11 Å². The first kappa shape index (κ1) is 16.4. The molecule has 0 unspecified atom stereocenters. The fourth-order valence-corrected chi connectivity index (χ4v) is 3.52. The summed E-state index contributed by atoms with van der Waals surface area (Å²) in [6, 6.07) is 3.48. The van der Waals surface area contributed by atoms with Crippen LogP contribution in [0.15, 0.2) is 12.1 Å². The van der Waals surface area contributed by atoms with Crippen molar-refractivity contribution in [1.29, 1.82) is 0 Å². The van der Waals surface area contributed by atoms with Gasteiger partial charge in [-0.2, -0.15) is 0 Å². The maximum absolute atomic E-state index is 10.2. The van der Waals surface area contributed by atoms with E-state index in [9.17, 15) is 5.11 Å². The molecule has 1 aromatic rings. The Hall–Kier alpha value is -0.930. The monoisotopic (exact) mass is 311 g/mol. The highest BCUT2D eigenvalue weighted by atomic mass is 35.5. The number of piperidine rings is 1. The molecule has 1 N–H and O–H groups in total. The second-order valence-corrected chi connectivity index (χ2v) is 6.54. The van der Waals surface area contributed by atoms with E-state index in [0.717, 1.165) is 25.2 Å². The van der Waals surface area contributed by atoms with Gasteiger partial charge in [-0.3, -0.25) is 4.90 Å². The lowest BCUT2D eigenvalue weighted by Gasteiger charge is -2.41. The lowest BCUT2D eigenvalue weighted by atomic mass is 9.74. The van der Waals surface area contributed by atoms with Crippen molar-refractivity contribution in [2.75, 3.05) is 20.2 Å². The molecule has 0 bridgehead atoms. The van der Waals surface area contributed by atoms with Gasteiger partial charge in [-0.25, -0.2) is 0 Å². The van der Waals surface area contributed by atoms with Crippen LogP contribution in [0.1, 0.15) is 45.1 Å². The Balaban J connectivity index is 2.06. The smallest absolute Gasteiger partial charge is 0.162 e. The molecule has 118 valence electrons. The third kappa shape index (κ3) is 3.64. The molecule has 1 saturated heterocycles. The predicted molar refractivity (Wildman–Crippen MR) is 87.2 cm³/mol. The number of halogens is 1. The van der Waals surface area contributed by atoms with E-state index < -0.39 is 0 Å². The third-order valence-corrected chi connectivity index (χ3v) is 5.37. The molecule has 0 radical (unpaired) electrons. The van der Waals surface area contributed by atoms with Crippen molar-refractivity contribution in [2.24, 2.45) is 5.41 Å². The zero-order valence-electron chi connectivity index (χ0n) is 13.3. The molecule has 1 heterocycles. The molecular weight excluding hydrogens is 286 g/mol. The van der Waals surface area contributed by atoms with E-state index in [0.29, 0.717) is 16.2 Å². The molecule has 0 aromatic heterocycles. The largest absolute Gasteiger partial charge is 0.504 e. The summed E-state index contributed by atoms with van der Waals surface area (Å²) in [6.07, 6.45) is 4.98. The minimum Gasteiger partial charge on any atom is -0.504 e. The molecule has 1 aromatic carbocycles. The van der Waals surface area contributed by atoms with Gasteiger partial charge in [-0.05, 0) is 37.4 Å². The number of ether oxygens (including phenoxy) is 1. The van der Waals surface area contributed by atoms with Crippen LogP contribution in [0.3, 0.4) is 0 Å². The average Bonchev–Trinajstić information content (AvgIpc) is 2.51. The quantitative estimate of drug-likeness (QED) is 0.871. The van der Waals surface area contributed by atoms with Gasteiger partial charge in [0.15, 0.2) is 11.5 Å². The standard InChI is InChI=1S/C17H26ClNO2/c1-4-17(5-2)6-8-19(9-7-17)12-13-10-14(18)11-15(21-3)16(13)20/h10-11,20H,4-9,12H2,1-3H3. The summed E-state index contributed by atoms with van der Waals surface area (Å²) < 4.78 is 5.17. The van der Waals surface area contributed by atoms with Crippen molar-refractivity contribution < 1.29 is 9.84 Å². The Morgan fingerprint density at radius 3 is 2.38 bits per heavy atom. The Morgan fingerprint density at radius 1 is 1.24 bits per heavy atom. The normalized spacial score (nSPS) is 18.7. The first-order chi connectivity index (χ1) is 10.0. The lowest BCUT2D eigenvalue weighted by molar-refractivity contribution is 0.0903. The van der Waals surface area contributed by atoms with Crippen LogP contribution in [0.4, 0.5) is 0 Å². The predicted octanol–water partition coefficient (Wildman–Crippen LogP) is 4.46. The SMILES string of the molecule is CCC1(CC)CCN(Cc2cc(Cl)cc(OC)c2O)CC1. The number of hydrogen-bond donors (Lipinski definition) is 1. The molecule has 0 aliphatic carbocycles. The number of rotatable bonds is 5. The van der Waals surface area contributed by atoms with E-state index >= 15 is 0 Å². The topological polar surface area (TPSA) is 32.7 Å². The van der Waals surface area contributed by atoms with Crippen LogP contribution in [0.5, 0.6) is 11.5 Å². The molecule has 0 amide bonds. The van der Waals surface area contributed by atoms with Crippen molar-refractivity contribution in [3.8, 4) is 11.5 Å². The van der Waals surface area contributed by atoms with E-state index in [4.69, 9.17) is 16.3 Å². The van der Waals surface area contributed by atoms with Crippen LogP contribution in [0, 0.1) is 5.41 Å². The third-order valence-electron chi connectivity index (χ3n) is 5.15. The first-order valence-corrected chi connectivity index (χ1v) is 8.19. The molecule has 1 aliphatic heterocycles. The van der Waals surface area contributed by atoms with Crippen molar-refractivity contribution >= 4 is 11.6 Å². The molecule has 0 atom stereocenters. The summed E-state index contributed by atoms with van der Waals surface area (Å²) in [5.41, 5.74) is 1.37. The number of aromatic hydroxyl groups is 1. The highest BCUT2D eigenvalue weighted by Gasteiger charge is 2.31. The van der Waals surface area contributed by atoms with Crippen LogP contribution in [0.25, 0.3) is 0 Å². The number of benzene rings is 1. The van der Waals surface area contributed by atoms with E-state index in [-0.39, 0.29) is 5.75 Å². The van der Waals surface area contributed by atoms with Crippen molar-refractivity contribution in [2.45, 2.75) is 46.1 Å². The number of nitrogens with zero attached hydrogens (tertiary/aromatic N) is 1. The van der Waals surface area contributed by atoms with Gasteiger partial charge in [0, 0.05) is 23.2 Å². The second kappa shape index (κ2) is 6.89. The van der Waals surface area contributed by atoms with Crippen LogP contribution in [-0.4, -0.2) is 30.2 Å². The van der Waals surface area contributed by atoms with Gasteiger partial charge >= 0.3 is 0 Å². The van der Waals surface area contributed by atoms with Crippen molar-refractivity contribution in [3.63, 3.8) is 0 Å². The zero-order valence-corrected chi connectivity index (χ0v) is 14.0. The lowest BCUT2D eigenvalue weighted by Crippen LogP contribution is -2.39. The number of likely N-dealkylation sites (tertiary alicyclic amines) is 1. The van der Waals surface area contributed by atoms with Gasteiger partial charge in [0.25, 0.3) is 0 Å². The number of phenols is 1. The highest BCUT2D eigenvalue weighted by Crippen LogP contribution is 2.39. The van der Waals surface area contributed by atoms with Crippen LogP contribution < -0.4 is 4.74 Å². The summed E-state index contributed by atoms with van der Waals surface area (Å²) in [5.74, 6) is 0.663. The Bertz CT molecular complexity index is 476. The molecule has 21 heavy (non-hydrogen) atoms. The van der Waals surface area contributed by atoms with Crippen molar-refractivity contribution in [1.82, 2.24) is 4.90 Å². The zero-order chi connectivity index (χ0) is 15.5. The van der Waals surface area contributed by atoms with Crippen LogP contribution >= 0.6 is 11.6 Å². The molecule has 2 rings (SSSR count). The van der Waals surface area contributed by atoms with Crippen molar-refractivity contribution in [3.05, 3.63) is 22.7 Å². The average molecular weight is 312 g/mol. The first-order valence-electron chi connectivity index (χ1n) is 7.81. The summed E-state index contributed by atoms with van der Waals surface area (Å²) in [4.78, 5) is 2.40. The highest BCUT2D eigenvalue weighted by molar-refractivity contribution is 6.30. The minimum absolute atomic E-state index is 0.213. The fourth-order valence-electron chi connectivity index (χ4n) is 3.29. The van der Waals surface area contributed by atoms with Gasteiger partial charge in [0.2, 0.25) is 0 Å². The number of hydrogen-bond acceptors (Lipinski definition) is 3. The van der Waals surface area contributed by atoms with Gasteiger partial charge in [0.1, 0.15) is 0 Å². The molecule has 0 spiro atoms. The van der Waals surface area contributed by atoms with E-state index in [1.807, 2.05) is 6.07 Å². The molecule has 3 nitrogen and oxygen atoms in total. The molecule has 0 saturated carbocycles. The van der Waals surface area contributed by atoms with Gasteiger partial charge < -0.3 is 9.84 Å². The Labute approximate surface area is 132 Å². The summed E-state index contributed by atoms with van der Waals surface area (Å²) >= 11 is 6.10. The molecular formula is C17H26ClNO2. The summed E-state index contributed by atoms with van der Waals surface area (Å²) in [7, 11) is 1.55. The van der Waals surface area contributed by atoms with Gasteiger partial charge in [-0.1, -0.05) is 38.3 Å². The maximum Gasteiger partial charge on any atom is 0.162 e. The maximum atomic E-state index is 10.2. The molecule has 1 aliphatic rings. The van der Waals surface area contributed by atoms with Crippen LogP contribution in [-0.2, 0) is 6.54 Å². The number of phenolic OH excluding ortho intramolecular Hbond substituents is 1. The Kier molecular flexibility index (Phi) is 5.39. The van der Waals surface area contributed by atoms with Gasteiger partial charge in [-0.15, -0.1) is 0 Å². The van der Waals surface area contributed by atoms with Crippen LogP contribution in [0.2, 0.25) is 5.02 Å². The van der Waals surface area contributed by atoms with E-state index in [1.54, 1.807) is 13.2 Å². The minimum atomic E-state index is 0.213. The number of methoxy groups -OCH3 is 1. The molecule has 4 heteroatoms. The summed E-state index contributed by atoms with van der Waals surface area (Å²) in [6.45, 7) is 7.48.